The number of aliphatic hydroxyl groups is 1. The largest absolute Gasteiger partial charge is 0.384 e. The van der Waals surface area contributed by atoms with Crippen molar-refractivity contribution in [3.63, 3.8) is 0 Å². The van der Waals surface area contributed by atoms with E-state index in [1.807, 2.05) is 24.3 Å². The zero-order valence-electron chi connectivity index (χ0n) is 17.6. The normalized spacial score (nSPS) is 21.1. The van der Waals surface area contributed by atoms with E-state index in [4.69, 9.17) is 4.98 Å². The van der Waals surface area contributed by atoms with Crippen molar-refractivity contribution < 1.29 is 9.50 Å². The van der Waals surface area contributed by atoms with Gasteiger partial charge in [0, 0.05) is 34.6 Å². The summed E-state index contributed by atoms with van der Waals surface area (Å²) in [5, 5.41) is 17.9. The molecule has 0 bridgehead atoms. The molecule has 1 aliphatic rings. The van der Waals surface area contributed by atoms with Gasteiger partial charge in [0.05, 0.1) is 21.3 Å². The SMILES string of the molecule is O=c1[nH]ccc2c3sc(N[C@H]4CC[C@@](O)(c5ccccn5)CC4)nc3c3ccc(F)cc3c12. The van der Waals surface area contributed by atoms with Crippen LogP contribution < -0.4 is 10.9 Å². The van der Waals surface area contributed by atoms with Gasteiger partial charge in [0.2, 0.25) is 0 Å². The molecule has 0 aliphatic heterocycles. The number of pyridine rings is 2. The molecule has 6 rings (SSSR count). The maximum absolute atomic E-state index is 14.0. The molecule has 3 heterocycles. The number of aromatic nitrogens is 3. The molecule has 166 valence electrons. The Morgan fingerprint density at radius 1 is 1.12 bits per heavy atom. The fourth-order valence-corrected chi connectivity index (χ4v) is 6.01. The molecular formula is C25H21FN4O2S. The standard InChI is InChI=1S/C25H21FN4O2S/c26-14-4-5-16-18(13-14)20-17(8-12-28-23(20)31)22-21(16)30-24(33-22)29-15-6-9-25(32,10-7-15)19-3-1-2-11-27-19/h1-5,8,11-13,15,32H,6-7,9-10H2,(H,28,31)(H,29,30)/t15-,25-. The average Bonchev–Trinajstić information content (AvgIpc) is 3.25. The number of halogens is 1. The van der Waals surface area contributed by atoms with E-state index in [1.54, 1.807) is 18.5 Å². The number of fused-ring (bicyclic) bond motifs is 6. The maximum Gasteiger partial charge on any atom is 0.256 e. The van der Waals surface area contributed by atoms with E-state index in [2.05, 4.69) is 15.3 Å². The van der Waals surface area contributed by atoms with Crippen LogP contribution in [0.4, 0.5) is 9.52 Å². The molecule has 1 fully saturated rings. The molecular weight excluding hydrogens is 439 g/mol. The molecule has 6 nitrogen and oxygen atoms in total. The molecule has 0 amide bonds. The molecule has 0 radical (unpaired) electrons. The van der Waals surface area contributed by atoms with E-state index < -0.39 is 5.60 Å². The fraction of sp³-hybridized carbons (Fsp3) is 0.240. The van der Waals surface area contributed by atoms with Gasteiger partial charge in [0.1, 0.15) is 11.4 Å². The summed E-state index contributed by atoms with van der Waals surface area (Å²) in [5.41, 5.74) is 0.342. The maximum atomic E-state index is 14.0. The molecule has 0 unspecified atom stereocenters. The minimum Gasteiger partial charge on any atom is -0.384 e. The Hall–Kier alpha value is -3.36. The summed E-state index contributed by atoms with van der Waals surface area (Å²) in [6.45, 7) is 0. The number of hydrogen-bond donors (Lipinski definition) is 3. The second-order valence-electron chi connectivity index (χ2n) is 8.65. The average molecular weight is 461 g/mol. The number of hydrogen-bond acceptors (Lipinski definition) is 6. The van der Waals surface area contributed by atoms with E-state index in [1.165, 1.54) is 23.5 Å². The third-order valence-electron chi connectivity index (χ3n) is 6.62. The van der Waals surface area contributed by atoms with Gasteiger partial charge in [-0.3, -0.25) is 9.78 Å². The Kier molecular flexibility index (Phi) is 4.67. The molecule has 8 heteroatoms. The number of nitrogens with zero attached hydrogens (tertiary/aromatic N) is 2. The Balaban J connectivity index is 1.36. The topological polar surface area (TPSA) is 90.9 Å². The lowest BCUT2D eigenvalue weighted by Crippen LogP contribution is -2.36. The summed E-state index contributed by atoms with van der Waals surface area (Å²) in [6, 6.07) is 12.1. The van der Waals surface area contributed by atoms with Gasteiger partial charge < -0.3 is 15.4 Å². The molecule has 2 aromatic carbocycles. The van der Waals surface area contributed by atoms with Gasteiger partial charge in [-0.25, -0.2) is 9.37 Å². The highest BCUT2D eigenvalue weighted by Crippen LogP contribution is 2.40. The van der Waals surface area contributed by atoms with E-state index >= 15 is 0 Å². The lowest BCUT2D eigenvalue weighted by molar-refractivity contribution is -0.00725. The lowest BCUT2D eigenvalue weighted by atomic mass is 9.80. The number of aromatic amines is 1. The van der Waals surface area contributed by atoms with E-state index in [0.717, 1.165) is 44.7 Å². The van der Waals surface area contributed by atoms with Crippen molar-refractivity contribution in [3.8, 4) is 0 Å². The molecule has 0 spiro atoms. The van der Waals surface area contributed by atoms with E-state index in [-0.39, 0.29) is 17.4 Å². The van der Waals surface area contributed by atoms with Crippen LogP contribution in [0.5, 0.6) is 0 Å². The van der Waals surface area contributed by atoms with Crippen LogP contribution in [0, 0.1) is 5.82 Å². The van der Waals surface area contributed by atoms with Crippen LogP contribution in [0.15, 0.2) is 59.7 Å². The molecule has 1 aliphatic carbocycles. The molecule has 1 saturated carbocycles. The monoisotopic (exact) mass is 460 g/mol. The van der Waals surface area contributed by atoms with Crippen molar-refractivity contribution in [1.82, 2.24) is 15.0 Å². The number of anilines is 1. The summed E-state index contributed by atoms with van der Waals surface area (Å²) in [6.07, 6.45) is 6.14. The highest BCUT2D eigenvalue weighted by Gasteiger charge is 2.36. The zero-order valence-corrected chi connectivity index (χ0v) is 18.5. The highest BCUT2D eigenvalue weighted by molar-refractivity contribution is 7.23. The number of nitrogens with one attached hydrogen (secondary N) is 2. The van der Waals surface area contributed by atoms with Gasteiger partial charge >= 0.3 is 0 Å². The van der Waals surface area contributed by atoms with Gasteiger partial charge in [-0.15, -0.1) is 0 Å². The number of rotatable bonds is 3. The summed E-state index contributed by atoms with van der Waals surface area (Å²) in [7, 11) is 0. The van der Waals surface area contributed by atoms with Gasteiger partial charge in [-0.2, -0.15) is 0 Å². The van der Waals surface area contributed by atoms with Crippen LogP contribution >= 0.6 is 11.3 Å². The third kappa shape index (κ3) is 3.37. The number of thiazole rings is 1. The van der Waals surface area contributed by atoms with E-state index in [9.17, 15) is 14.3 Å². The summed E-state index contributed by atoms with van der Waals surface area (Å²) in [4.78, 5) is 24.5. The third-order valence-corrected chi connectivity index (χ3v) is 7.64. The van der Waals surface area contributed by atoms with Crippen molar-refractivity contribution in [2.75, 3.05) is 5.32 Å². The van der Waals surface area contributed by atoms with Crippen LogP contribution in [0.1, 0.15) is 31.4 Å². The molecule has 3 aromatic heterocycles. The number of H-pyrrole nitrogens is 1. The summed E-state index contributed by atoms with van der Waals surface area (Å²) >= 11 is 1.50. The van der Waals surface area contributed by atoms with Crippen molar-refractivity contribution in [2.24, 2.45) is 0 Å². The minimum absolute atomic E-state index is 0.174. The minimum atomic E-state index is -0.898. The quantitative estimate of drug-likeness (QED) is 0.327. The first-order valence-electron chi connectivity index (χ1n) is 11.0. The summed E-state index contributed by atoms with van der Waals surface area (Å²) in [5.74, 6) is -0.387. The van der Waals surface area contributed by atoms with Crippen LogP contribution in [0.25, 0.3) is 31.8 Å². The van der Waals surface area contributed by atoms with Crippen molar-refractivity contribution in [1.29, 1.82) is 0 Å². The fourth-order valence-electron chi connectivity index (χ4n) is 4.92. The molecule has 5 aromatic rings. The highest BCUT2D eigenvalue weighted by atomic mass is 32.1. The van der Waals surface area contributed by atoms with Crippen LogP contribution in [-0.4, -0.2) is 26.1 Å². The smallest absolute Gasteiger partial charge is 0.256 e. The molecule has 33 heavy (non-hydrogen) atoms. The van der Waals surface area contributed by atoms with Gasteiger partial charge in [-0.1, -0.05) is 17.4 Å². The van der Waals surface area contributed by atoms with Crippen LogP contribution in [0.3, 0.4) is 0 Å². The Morgan fingerprint density at radius 2 is 1.97 bits per heavy atom. The Labute approximate surface area is 192 Å². The van der Waals surface area contributed by atoms with E-state index in [0.29, 0.717) is 23.6 Å². The Morgan fingerprint density at radius 3 is 2.76 bits per heavy atom. The van der Waals surface area contributed by atoms with Gasteiger partial charge in [-0.05, 0) is 62.1 Å². The summed E-state index contributed by atoms with van der Waals surface area (Å²) < 4.78 is 14.9. The van der Waals surface area contributed by atoms with Crippen molar-refractivity contribution >= 4 is 48.2 Å². The molecule has 0 saturated heterocycles. The second-order valence-corrected chi connectivity index (χ2v) is 9.65. The first kappa shape index (κ1) is 20.3. The first-order valence-corrected chi connectivity index (χ1v) is 11.8. The van der Waals surface area contributed by atoms with Crippen molar-refractivity contribution in [2.45, 2.75) is 37.3 Å². The van der Waals surface area contributed by atoms with Crippen LogP contribution in [0.2, 0.25) is 0 Å². The second kappa shape index (κ2) is 7.60. The lowest BCUT2D eigenvalue weighted by Gasteiger charge is -2.35. The molecule has 3 N–H and O–H groups in total. The van der Waals surface area contributed by atoms with Crippen molar-refractivity contribution in [3.05, 3.63) is 76.7 Å². The van der Waals surface area contributed by atoms with Gasteiger partial charge in [0.25, 0.3) is 5.56 Å². The van der Waals surface area contributed by atoms with Gasteiger partial charge in [0.15, 0.2) is 5.13 Å². The molecule has 0 atom stereocenters. The number of benzene rings is 2. The first-order chi connectivity index (χ1) is 16.0. The predicted molar refractivity (Wildman–Crippen MR) is 129 cm³/mol. The Bertz CT molecular complexity index is 1560. The van der Waals surface area contributed by atoms with Crippen LogP contribution in [-0.2, 0) is 5.60 Å². The predicted octanol–water partition coefficient (Wildman–Crippen LogP) is 5.07. The zero-order chi connectivity index (χ0) is 22.6.